The number of nitrogens with two attached hydrogens (primary N) is 2. The molecule has 2 aromatic heterocycles. The van der Waals surface area contributed by atoms with Gasteiger partial charge in [0.05, 0.1) is 17.7 Å². The predicted octanol–water partition coefficient (Wildman–Crippen LogP) is 4.68. The van der Waals surface area contributed by atoms with Gasteiger partial charge in [-0.3, -0.25) is 0 Å². The SMILES string of the molecule is COc1ccc(C=CC=Cc2csc(-c3sc(Nc4ccc(S(N)(=O)=O)cc4)nc3N)n2)cc1O. The monoisotopic (exact) mass is 527 g/mol. The maximum absolute atomic E-state index is 11.4. The third-order valence-electron chi connectivity index (χ3n) is 4.67. The molecule has 0 bridgehead atoms. The lowest BCUT2D eigenvalue weighted by atomic mass is 10.2. The molecule has 0 aliphatic heterocycles. The number of hydrogen-bond donors (Lipinski definition) is 4. The molecule has 2 heterocycles. The summed E-state index contributed by atoms with van der Waals surface area (Å²) in [5, 5.41) is 21.3. The summed E-state index contributed by atoms with van der Waals surface area (Å²) in [6.07, 6.45) is 7.43. The van der Waals surface area contributed by atoms with Crippen LogP contribution < -0.4 is 20.9 Å². The largest absolute Gasteiger partial charge is 0.504 e. The first-order valence-electron chi connectivity index (χ1n) is 10.1. The number of phenols is 1. The average molecular weight is 528 g/mol. The molecule has 6 N–H and O–H groups in total. The normalized spacial score (nSPS) is 11.9. The summed E-state index contributed by atoms with van der Waals surface area (Å²) in [5.41, 5.74) is 8.37. The molecule has 9 nitrogen and oxygen atoms in total. The van der Waals surface area contributed by atoms with Crippen molar-refractivity contribution in [2.24, 2.45) is 5.14 Å². The van der Waals surface area contributed by atoms with Gasteiger partial charge in [-0.2, -0.15) is 0 Å². The van der Waals surface area contributed by atoms with E-state index in [9.17, 15) is 13.5 Å². The zero-order chi connectivity index (χ0) is 25.0. The average Bonchev–Trinajstić information content (AvgIpc) is 3.42. The number of thiazole rings is 2. The van der Waals surface area contributed by atoms with Crippen LogP contribution >= 0.6 is 22.7 Å². The van der Waals surface area contributed by atoms with Gasteiger partial charge in [0, 0.05) is 11.1 Å². The molecule has 0 aliphatic carbocycles. The van der Waals surface area contributed by atoms with Gasteiger partial charge in [0.1, 0.15) is 15.7 Å². The van der Waals surface area contributed by atoms with Gasteiger partial charge in [0.15, 0.2) is 16.6 Å². The molecule has 0 amide bonds. The fourth-order valence-corrected chi connectivity index (χ4v) is 5.30. The third kappa shape index (κ3) is 6.05. The predicted molar refractivity (Wildman–Crippen MR) is 141 cm³/mol. The molecule has 0 saturated carbocycles. The minimum atomic E-state index is -3.75. The van der Waals surface area contributed by atoms with Gasteiger partial charge < -0.3 is 20.9 Å². The fourth-order valence-electron chi connectivity index (χ4n) is 2.99. The van der Waals surface area contributed by atoms with E-state index in [0.717, 1.165) is 21.1 Å². The summed E-state index contributed by atoms with van der Waals surface area (Å²) in [7, 11) is -2.24. The summed E-state index contributed by atoms with van der Waals surface area (Å²) in [4.78, 5) is 9.72. The number of benzene rings is 2. The van der Waals surface area contributed by atoms with Gasteiger partial charge in [0.2, 0.25) is 10.0 Å². The minimum Gasteiger partial charge on any atom is -0.504 e. The van der Waals surface area contributed by atoms with Crippen LogP contribution in [0.4, 0.5) is 16.6 Å². The summed E-state index contributed by atoms with van der Waals surface area (Å²) < 4.78 is 27.8. The quantitative estimate of drug-likeness (QED) is 0.241. The van der Waals surface area contributed by atoms with Crippen LogP contribution in [0.25, 0.3) is 22.0 Å². The van der Waals surface area contributed by atoms with Crippen molar-refractivity contribution in [1.82, 2.24) is 9.97 Å². The number of phenolic OH excluding ortho intramolecular Hbond substituents is 1. The Morgan fingerprint density at radius 3 is 2.51 bits per heavy atom. The van der Waals surface area contributed by atoms with E-state index in [-0.39, 0.29) is 10.6 Å². The molecule has 0 aliphatic rings. The second kappa shape index (κ2) is 10.3. The molecule has 0 unspecified atom stereocenters. The zero-order valence-electron chi connectivity index (χ0n) is 18.4. The van der Waals surface area contributed by atoms with Crippen molar-refractivity contribution in [3.05, 3.63) is 71.3 Å². The number of primary sulfonamides is 1. The molecule has 4 rings (SSSR count). The van der Waals surface area contributed by atoms with Crippen molar-refractivity contribution in [1.29, 1.82) is 0 Å². The van der Waals surface area contributed by atoms with E-state index in [4.69, 9.17) is 15.6 Å². The highest BCUT2D eigenvalue weighted by Gasteiger charge is 2.14. The maximum Gasteiger partial charge on any atom is 0.238 e. The number of hydrogen-bond acceptors (Lipinski definition) is 10. The first kappa shape index (κ1) is 24.4. The molecular weight excluding hydrogens is 506 g/mol. The number of aromatic nitrogens is 2. The molecule has 12 heteroatoms. The van der Waals surface area contributed by atoms with Crippen molar-refractivity contribution < 1.29 is 18.3 Å². The van der Waals surface area contributed by atoms with E-state index in [2.05, 4.69) is 15.3 Å². The van der Waals surface area contributed by atoms with Crippen LogP contribution in [0.2, 0.25) is 0 Å². The van der Waals surface area contributed by atoms with Gasteiger partial charge in [0.25, 0.3) is 0 Å². The van der Waals surface area contributed by atoms with Gasteiger partial charge >= 0.3 is 0 Å². The van der Waals surface area contributed by atoms with E-state index < -0.39 is 10.0 Å². The lowest BCUT2D eigenvalue weighted by Crippen LogP contribution is -2.11. The number of anilines is 3. The van der Waals surface area contributed by atoms with Crippen LogP contribution in [0.5, 0.6) is 11.5 Å². The molecule has 4 aromatic rings. The highest BCUT2D eigenvalue weighted by molar-refractivity contribution is 7.89. The number of aromatic hydroxyl groups is 1. The number of nitrogens with zero attached hydrogens (tertiary/aromatic N) is 2. The Hall–Kier alpha value is -3.71. The smallest absolute Gasteiger partial charge is 0.238 e. The molecule has 0 saturated heterocycles. The number of sulfonamides is 1. The lowest BCUT2D eigenvalue weighted by Gasteiger charge is -2.03. The summed E-state index contributed by atoms with van der Waals surface area (Å²) in [6, 6.07) is 11.2. The second-order valence-electron chi connectivity index (χ2n) is 7.15. The van der Waals surface area contributed by atoms with E-state index in [0.29, 0.717) is 22.4 Å². The van der Waals surface area contributed by atoms with Gasteiger partial charge in [-0.1, -0.05) is 35.6 Å². The second-order valence-corrected chi connectivity index (χ2v) is 10.6. The Kier molecular flexibility index (Phi) is 7.17. The van der Waals surface area contributed by atoms with Crippen molar-refractivity contribution in [3.63, 3.8) is 0 Å². The Bertz CT molecular complexity index is 1510. The van der Waals surface area contributed by atoms with Crippen LogP contribution in [-0.4, -0.2) is 30.6 Å². The van der Waals surface area contributed by atoms with Crippen LogP contribution in [0.15, 0.2) is 64.9 Å². The summed E-state index contributed by atoms with van der Waals surface area (Å²) in [5.74, 6) is 0.857. The molecule has 0 atom stereocenters. The van der Waals surface area contributed by atoms with E-state index >= 15 is 0 Å². The van der Waals surface area contributed by atoms with Crippen molar-refractivity contribution in [2.75, 3.05) is 18.2 Å². The minimum absolute atomic E-state index is 0.0303. The molecular formula is C23H21N5O4S3. The molecule has 35 heavy (non-hydrogen) atoms. The number of ether oxygens (including phenoxy) is 1. The van der Waals surface area contributed by atoms with E-state index in [1.165, 1.54) is 41.9 Å². The first-order chi connectivity index (χ1) is 16.7. The van der Waals surface area contributed by atoms with Crippen LogP contribution in [-0.2, 0) is 10.0 Å². The fraction of sp³-hybridized carbons (Fsp3) is 0.0435. The maximum atomic E-state index is 11.4. The van der Waals surface area contributed by atoms with E-state index in [1.54, 1.807) is 24.3 Å². The first-order valence-corrected chi connectivity index (χ1v) is 13.3. The van der Waals surface area contributed by atoms with Crippen molar-refractivity contribution >= 4 is 61.5 Å². The Morgan fingerprint density at radius 1 is 1.09 bits per heavy atom. The highest BCUT2D eigenvalue weighted by Crippen LogP contribution is 2.38. The molecule has 180 valence electrons. The molecule has 0 fully saturated rings. The standard InChI is InChI=1S/C23H21N5O4S3/c1-32-19-11-6-14(12-18(19)29)4-2-3-5-16-13-33-22(26-16)20-21(24)28-23(34-20)27-15-7-9-17(10-8-15)35(25,30)31/h2-13,29H,24H2,1H3,(H,27,28)(H2,25,30,31). The summed E-state index contributed by atoms with van der Waals surface area (Å²) >= 11 is 2.80. The number of rotatable bonds is 8. The highest BCUT2D eigenvalue weighted by atomic mass is 32.2. The third-order valence-corrected chi connectivity index (χ3v) is 7.60. The molecule has 0 radical (unpaired) electrons. The number of allylic oxidation sites excluding steroid dienone is 2. The lowest BCUT2D eigenvalue weighted by molar-refractivity contribution is 0.373. The van der Waals surface area contributed by atoms with Crippen molar-refractivity contribution in [2.45, 2.75) is 4.90 Å². The van der Waals surface area contributed by atoms with E-state index in [1.807, 2.05) is 35.8 Å². The van der Waals surface area contributed by atoms with Crippen LogP contribution in [0.1, 0.15) is 11.3 Å². The number of nitrogens with one attached hydrogen (secondary N) is 1. The summed E-state index contributed by atoms with van der Waals surface area (Å²) in [6.45, 7) is 0. The van der Waals surface area contributed by atoms with Crippen molar-refractivity contribution in [3.8, 4) is 21.4 Å². The van der Waals surface area contributed by atoms with Crippen LogP contribution in [0, 0.1) is 0 Å². The van der Waals surface area contributed by atoms with Gasteiger partial charge in [-0.25, -0.2) is 23.5 Å². The molecule has 0 spiro atoms. The van der Waals surface area contributed by atoms with Gasteiger partial charge in [-0.05, 0) is 48.0 Å². The number of nitrogen functional groups attached to an aromatic ring is 1. The zero-order valence-corrected chi connectivity index (χ0v) is 20.8. The molecule has 2 aromatic carbocycles. The topological polar surface area (TPSA) is 153 Å². The number of methoxy groups -OCH3 is 1. The Balaban J connectivity index is 1.42. The Morgan fingerprint density at radius 2 is 1.83 bits per heavy atom. The van der Waals surface area contributed by atoms with Crippen LogP contribution in [0.3, 0.4) is 0 Å². The van der Waals surface area contributed by atoms with Gasteiger partial charge in [-0.15, -0.1) is 11.3 Å². The Labute approximate surface area is 210 Å².